The van der Waals surface area contributed by atoms with Crippen molar-refractivity contribution in [3.63, 3.8) is 0 Å². The minimum absolute atomic E-state index is 0.212. The second kappa shape index (κ2) is 5.43. The second-order valence-corrected chi connectivity index (χ2v) is 3.78. The molecule has 1 aromatic rings. The summed E-state index contributed by atoms with van der Waals surface area (Å²) in [5.41, 5.74) is 1.23. The fourth-order valence-electron chi connectivity index (χ4n) is 1.75. The van der Waals surface area contributed by atoms with E-state index in [1.165, 1.54) is 12.1 Å². The Bertz CT molecular complexity index is 351. The smallest absolute Gasteiger partial charge is 0.407 e. The van der Waals surface area contributed by atoms with Crippen molar-refractivity contribution in [1.82, 2.24) is 0 Å². The first-order valence-electron chi connectivity index (χ1n) is 5.43. The highest BCUT2D eigenvalue weighted by molar-refractivity contribution is 6.61. The quantitative estimate of drug-likeness (QED) is 0.756. The zero-order chi connectivity index (χ0) is 11.4. The first kappa shape index (κ1) is 11.6. The predicted octanol–water partition coefficient (Wildman–Crippen LogP) is 0.840. The summed E-state index contributed by atoms with van der Waals surface area (Å²) in [5.74, 6) is -0.360. The first-order valence-corrected chi connectivity index (χ1v) is 5.43. The third kappa shape index (κ3) is 2.61. The van der Waals surface area contributed by atoms with Gasteiger partial charge >= 0.3 is 7.12 Å². The molecule has 0 radical (unpaired) electrons. The third-order valence-electron chi connectivity index (χ3n) is 2.61. The Morgan fingerprint density at radius 3 is 2.56 bits per heavy atom. The minimum atomic E-state index is -0.481. The summed E-state index contributed by atoms with van der Waals surface area (Å²) in [6.45, 7) is 1.05. The van der Waals surface area contributed by atoms with Crippen LogP contribution in [0.2, 0.25) is 0 Å². The topological polar surface area (TPSA) is 38.7 Å². The Morgan fingerprint density at radius 1 is 1.25 bits per heavy atom. The molecule has 1 N–H and O–H groups in total. The lowest BCUT2D eigenvalue weighted by Crippen LogP contribution is -2.38. The molecule has 1 fully saturated rings. The van der Waals surface area contributed by atoms with Gasteiger partial charge in [0.05, 0.1) is 6.61 Å². The van der Waals surface area contributed by atoms with Crippen LogP contribution in [0.3, 0.4) is 0 Å². The highest BCUT2D eigenvalue weighted by atomic mass is 19.1. The SMILES string of the molecule is OCc1cc(F)ccc1B1OCCCCO1. The Labute approximate surface area is 94.3 Å². The number of aliphatic hydroxyl groups excluding tert-OH is 1. The van der Waals surface area contributed by atoms with E-state index in [1.54, 1.807) is 6.07 Å². The van der Waals surface area contributed by atoms with Crippen LogP contribution in [0.4, 0.5) is 4.39 Å². The van der Waals surface area contributed by atoms with Gasteiger partial charge in [-0.3, -0.25) is 0 Å². The standard InChI is InChI=1S/C11H14BFO3/c13-10-3-4-11(9(7-10)8-14)12-15-5-1-2-6-16-12/h3-4,7,14H,1-2,5-6,8H2. The molecule has 86 valence electrons. The van der Waals surface area contributed by atoms with Crippen molar-refractivity contribution in [1.29, 1.82) is 0 Å². The normalized spacial score (nSPS) is 17.2. The van der Waals surface area contributed by atoms with Crippen LogP contribution in [-0.4, -0.2) is 25.4 Å². The molecule has 0 bridgehead atoms. The molecule has 1 heterocycles. The van der Waals surface area contributed by atoms with E-state index < -0.39 is 7.12 Å². The van der Waals surface area contributed by atoms with Crippen LogP contribution in [-0.2, 0) is 15.9 Å². The summed E-state index contributed by atoms with van der Waals surface area (Å²) in [7, 11) is -0.481. The van der Waals surface area contributed by atoms with E-state index in [0.29, 0.717) is 24.2 Å². The molecule has 1 saturated heterocycles. The fourth-order valence-corrected chi connectivity index (χ4v) is 1.75. The highest BCUT2D eigenvalue weighted by Gasteiger charge is 2.25. The lowest BCUT2D eigenvalue weighted by molar-refractivity contribution is 0.245. The molecule has 3 nitrogen and oxygen atoms in total. The van der Waals surface area contributed by atoms with E-state index >= 15 is 0 Å². The van der Waals surface area contributed by atoms with Crippen molar-refractivity contribution in [2.75, 3.05) is 13.2 Å². The molecule has 16 heavy (non-hydrogen) atoms. The summed E-state index contributed by atoms with van der Waals surface area (Å²) >= 11 is 0. The number of aliphatic hydroxyl groups is 1. The lowest BCUT2D eigenvalue weighted by atomic mass is 9.76. The Morgan fingerprint density at radius 2 is 1.94 bits per heavy atom. The van der Waals surface area contributed by atoms with Crippen LogP contribution in [0, 0.1) is 5.82 Å². The zero-order valence-electron chi connectivity index (χ0n) is 8.99. The van der Waals surface area contributed by atoms with Crippen LogP contribution in [0.25, 0.3) is 0 Å². The van der Waals surface area contributed by atoms with Crippen molar-refractivity contribution < 1.29 is 18.8 Å². The van der Waals surface area contributed by atoms with Crippen molar-refractivity contribution in [2.24, 2.45) is 0 Å². The van der Waals surface area contributed by atoms with Gasteiger partial charge in [-0.2, -0.15) is 0 Å². The summed E-state index contributed by atoms with van der Waals surface area (Å²) in [5, 5.41) is 9.17. The van der Waals surface area contributed by atoms with Crippen LogP contribution in [0.1, 0.15) is 18.4 Å². The molecule has 0 saturated carbocycles. The van der Waals surface area contributed by atoms with Gasteiger partial charge in [-0.15, -0.1) is 0 Å². The van der Waals surface area contributed by atoms with E-state index in [9.17, 15) is 4.39 Å². The van der Waals surface area contributed by atoms with E-state index in [1.807, 2.05) is 0 Å². The molecule has 0 unspecified atom stereocenters. The van der Waals surface area contributed by atoms with Crippen LogP contribution < -0.4 is 5.46 Å². The molecule has 0 amide bonds. The van der Waals surface area contributed by atoms with Crippen LogP contribution in [0.5, 0.6) is 0 Å². The van der Waals surface area contributed by atoms with Gasteiger partial charge in [0.15, 0.2) is 0 Å². The average molecular weight is 224 g/mol. The fraction of sp³-hybridized carbons (Fsp3) is 0.455. The summed E-state index contributed by atoms with van der Waals surface area (Å²) in [6.07, 6.45) is 1.93. The molecule has 0 aromatic heterocycles. The molecule has 1 aliphatic heterocycles. The van der Waals surface area contributed by atoms with E-state index in [0.717, 1.165) is 12.8 Å². The molecule has 5 heteroatoms. The van der Waals surface area contributed by atoms with Gasteiger partial charge in [-0.1, -0.05) is 6.07 Å². The molecular weight excluding hydrogens is 210 g/mol. The molecule has 0 spiro atoms. The lowest BCUT2D eigenvalue weighted by Gasteiger charge is -2.14. The van der Waals surface area contributed by atoms with Gasteiger partial charge < -0.3 is 14.4 Å². The maximum absolute atomic E-state index is 13.0. The molecule has 1 aromatic carbocycles. The van der Waals surface area contributed by atoms with Crippen molar-refractivity contribution >= 4 is 12.6 Å². The average Bonchev–Trinajstić information content (AvgIpc) is 2.57. The number of hydrogen-bond donors (Lipinski definition) is 1. The Hall–Kier alpha value is -0.905. The maximum Gasteiger partial charge on any atom is 0.494 e. The summed E-state index contributed by atoms with van der Waals surface area (Å²) < 4.78 is 24.0. The predicted molar refractivity (Wildman–Crippen MR) is 58.8 cm³/mol. The minimum Gasteiger partial charge on any atom is -0.407 e. The van der Waals surface area contributed by atoms with Gasteiger partial charge in [0.25, 0.3) is 0 Å². The van der Waals surface area contributed by atoms with Crippen LogP contribution in [0.15, 0.2) is 18.2 Å². The number of hydrogen-bond acceptors (Lipinski definition) is 3. The number of halogens is 1. The largest absolute Gasteiger partial charge is 0.494 e. The zero-order valence-corrected chi connectivity index (χ0v) is 8.99. The Kier molecular flexibility index (Phi) is 3.93. The number of benzene rings is 1. The molecule has 0 atom stereocenters. The molecule has 2 rings (SSSR count). The highest BCUT2D eigenvalue weighted by Crippen LogP contribution is 2.08. The van der Waals surface area contributed by atoms with Gasteiger partial charge in [-0.25, -0.2) is 4.39 Å². The van der Waals surface area contributed by atoms with Gasteiger partial charge in [0, 0.05) is 13.2 Å². The van der Waals surface area contributed by atoms with Crippen molar-refractivity contribution in [3.8, 4) is 0 Å². The van der Waals surface area contributed by atoms with E-state index in [2.05, 4.69) is 0 Å². The summed E-state index contributed by atoms with van der Waals surface area (Å²) in [6, 6.07) is 4.27. The first-order chi connectivity index (χ1) is 7.81. The van der Waals surface area contributed by atoms with Crippen LogP contribution >= 0.6 is 0 Å². The summed E-state index contributed by atoms with van der Waals surface area (Å²) in [4.78, 5) is 0. The van der Waals surface area contributed by atoms with E-state index in [-0.39, 0.29) is 12.4 Å². The molecule has 0 aliphatic carbocycles. The monoisotopic (exact) mass is 224 g/mol. The third-order valence-corrected chi connectivity index (χ3v) is 2.61. The molecule has 1 aliphatic rings. The Balaban J connectivity index is 2.23. The van der Waals surface area contributed by atoms with Gasteiger partial charge in [-0.05, 0) is 36.0 Å². The number of rotatable bonds is 2. The maximum atomic E-state index is 13.0. The van der Waals surface area contributed by atoms with Gasteiger partial charge in [0.2, 0.25) is 0 Å². The molecular formula is C11H14BFO3. The van der Waals surface area contributed by atoms with Gasteiger partial charge in [0.1, 0.15) is 5.82 Å². The van der Waals surface area contributed by atoms with E-state index in [4.69, 9.17) is 14.4 Å². The van der Waals surface area contributed by atoms with Crippen molar-refractivity contribution in [2.45, 2.75) is 19.4 Å². The second-order valence-electron chi connectivity index (χ2n) is 3.78. The van der Waals surface area contributed by atoms with Crippen molar-refractivity contribution in [3.05, 3.63) is 29.6 Å².